The Hall–Kier alpha value is -4.23. The molecule has 0 aliphatic heterocycles. The maximum Gasteiger partial charge on any atom is 0.0346 e. The van der Waals surface area contributed by atoms with Crippen molar-refractivity contribution in [3.05, 3.63) is 126 Å². The van der Waals surface area contributed by atoms with Gasteiger partial charge in [-0.2, -0.15) is 0 Å². The normalized spacial score (nSPS) is 13.6. The fourth-order valence-electron chi connectivity index (χ4n) is 6.28. The van der Waals surface area contributed by atoms with Crippen LogP contribution in [0.3, 0.4) is 0 Å². The minimum Gasteiger partial charge on any atom is -0.264 e. The lowest BCUT2D eigenvalue weighted by atomic mass is 9.80. The fraction of sp³-hybridized carbons (Fsp3) is 0.114. The standard InChI is InChI=1S/C35H27N/c1-22-14-16-29-30(19-22)33(27-11-4-5-12-28(27)34(29)24-9-8-18-36-21-24)23-15-17-26-25-10-6-7-13-31(25)35(2,3)32(26)20-23/h4-21H,1-3H3. The monoisotopic (exact) mass is 461 g/mol. The molecule has 0 radical (unpaired) electrons. The highest BCUT2D eigenvalue weighted by Gasteiger charge is 2.35. The molecule has 1 heterocycles. The van der Waals surface area contributed by atoms with E-state index < -0.39 is 0 Å². The Kier molecular flexibility index (Phi) is 4.47. The number of fused-ring (bicyclic) bond motifs is 5. The van der Waals surface area contributed by atoms with Crippen LogP contribution >= 0.6 is 0 Å². The van der Waals surface area contributed by atoms with Gasteiger partial charge in [-0.3, -0.25) is 4.98 Å². The van der Waals surface area contributed by atoms with Gasteiger partial charge in [0.25, 0.3) is 0 Å². The van der Waals surface area contributed by atoms with Gasteiger partial charge in [0.2, 0.25) is 0 Å². The zero-order valence-electron chi connectivity index (χ0n) is 20.8. The second-order valence-corrected chi connectivity index (χ2v) is 10.5. The molecule has 1 heteroatoms. The van der Waals surface area contributed by atoms with E-state index in [1.807, 2.05) is 18.5 Å². The number of nitrogens with zero attached hydrogens (tertiary/aromatic N) is 1. The third kappa shape index (κ3) is 2.93. The third-order valence-corrected chi connectivity index (χ3v) is 8.00. The average molecular weight is 462 g/mol. The lowest BCUT2D eigenvalue weighted by molar-refractivity contribution is 0.660. The zero-order chi connectivity index (χ0) is 24.4. The summed E-state index contributed by atoms with van der Waals surface area (Å²) in [4.78, 5) is 4.45. The molecule has 0 fully saturated rings. The van der Waals surface area contributed by atoms with Gasteiger partial charge in [0, 0.05) is 23.4 Å². The van der Waals surface area contributed by atoms with Gasteiger partial charge in [0.1, 0.15) is 0 Å². The Balaban J connectivity index is 1.59. The maximum absolute atomic E-state index is 4.45. The molecule has 5 aromatic carbocycles. The Labute approximate surface area is 212 Å². The maximum atomic E-state index is 4.45. The summed E-state index contributed by atoms with van der Waals surface area (Å²) in [7, 11) is 0. The van der Waals surface area contributed by atoms with Crippen molar-refractivity contribution in [2.24, 2.45) is 0 Å². The highest BCUT2D eigenvalue weighted by Crippen LogP contribution is 2.51. The summed E-state index contributed by atoms with van der Waals surface area (Å²) in [6, 6.07) is 35.9. The van der Waals surface area contributed by atoms with Crippen molar-refractivity contribution < 1.29 is 0 Å². The van der Waals surface area contributed by atoms with E-state index in [-0.39, 0.29) is 5.41 Å². The smallest absolute Gasteiger partial charge is 0.0346 e. The molecule has 0 saturated heterocycles. The molecule has 1 aromatic heterocycles. The van der Waals surface area contributed by atoms with Crippen LogP contribution in [0.15, 0.2) is 109 Å². The van der Waals surface area contributed by atoms with Crippen molar-refractivity contribution in [3.63, 3.8) is 0 Å². The lowest BCUT2D eigenvalue weighted by Gasteiger charge is -2.23. The molecule has 0 unspecified atom stereocenters. The van der Waals surface area contributed by atoms with Gasteiger partial charge >= 0.3 is 0 Å². The van der Waals surface area contributed by atoms with E-state index in [9.17, 15) is 0 Å². The van der Waals surface area contributed by atoms with Crippen molar-refractivity contribution in [1.82, 2.24) is 4.98 Å². The van der Waals surface area contributed by atoms with Gasteiger partial charge in [-0.25, -0.2) is 0 Å². The van der Waals surface area contributed by atoms with Crippen LogP contribution in [-0.4, -0.2) is 4.98 Å². The number of aryl methyl sites for hydroxylation is 1. The molecule has 0 amide bonds. The molecule has 0 atom stereocenters. The zero-order valence-corrected chi connectivity index (χ0v) is 20.8. The Bertz CT molecular complexity index is 1810. The molecule has 6 aromatic rings. The van der Waals surface area contributed by atoms with Gasteiger partial charge in [0.15, 0.2) is 0 Å². The van der Waals surface area contributed by atoms with E-state index in [1.54, 1.807) is 0 Å². The van der Waals surface area contributed by atoms with Gasteiger partial charge < -0.3 is 0 Å². The van der Waals surface area contributed by atoms with Gasteiger partial charge in [-0.1, -0.05) is 104 Å². The molecule has 36 heavy (non-hydrogen) atoms. The van der Waals surface area contributed by atoms with Crippen molar-refractivity contribution in [1.29, 1.82) is 0 Å². The molecular formula is C35H27N. The van der Waals surface area contributed by atoms with Crippen LogP contribution in [0.2, 0.25) is 0 Å². The summed E-state index contributed by atoms with van der Waals surface area (Å²) in [6.45, 7) is 6.89. The van der Waals surface area contributed by atoms with Gasteiger partial charge in [0.05, 0.1) is 0 Å². The summed E-state index contributed by atoms with van der Waals surface area (Å²) < 4.78 is 0. The predicted molar refractivity (Wildman–Crippen MR) is 152 cm³/mol. The molecule has 0 N–H and O–H groups in total. The summed E-state index contributed by atoms with van der Waals surface area (Å²) in [5.74, 6) is 0. The molecular weight excluding hydrogens is 434 g/mol. The lowest BCUT2D eigenvalue weighted by Crippen LogP contribution is -2.14. The molecule has 0 spiro atoms. The van der Waals surface area contributed by atoms with Gasteiger partial charge in [-0.05, 0) is 79.5 Å². The Morgan fingerprint density at radius 1 is 0.556 bits per heavy atom. The SMILES string of the molecule is Cc1ccc2c(-c3cccnc3)c3ccccc3c(-c3ccc4c(c3)C(C)(C)c3ccccc3-4)c2c1. The van der Waals surface area contributed by atoms with Gasteiger partial charge in [-0.15, -0.1) is 0 Å². The summed E-state index contributed by atoms with van der Waals surface area (Å²) in [6.07, 6.45) is 3.83. The Morgan fingerprint density at radius 3 is 2.03 bits per heavy atom. The van der Waals surface area contributed by atoms with Crippen LogP contribution in [0.4, 0.5) is 0 Å². The van der Waals surface area contributed by atoms with Crippen molar-refractivity contribution in [3.8, 4) is 33.4 Å². The summed E-state index contributed by atoms with van der Waals surface area (Å²) in [5.41, 5.74) is 11.8. The fourth-order valence-corrected chi connectivity index (χ4v) is 6.28. The quantitative estimate of drug-likeness (QED) is 0.234. The van der Waals surface area contributed by atoms with Crippen LogP contribution in [0.25, 0.3) is 54.9 Å². The summed E-state index contributed by atoms with van der Waals surface area (Å²) >= 11 is 0. The van der Waals surface area contributed by atoms with E-state index in [0.717, 1.165) is 5.56 Å². The van der Waals surface area contributed by atoms with Crippen LogP contribution in [-0.2, 0) is 5.41 Å². The second kappa shape index (κ2) is 7.63. The minimum absolute atomic E-state index is 0.0287. The molecule has 7 rings (SSSR count). The number of rotatable bonds is 2. The third-order valence-electron chi connectivity index (χ3n) is 8.00. The molecule has 1 aliphatic rings. The highest BCUT2D eigenvalue weighted by molar-refractivity contribution is 6.21. The van der Waals surface area contributed by atoms with Crippen LogP contribution in [0, 0.1) is 6.92 Å². The molecule has 1 nitrogen and oxygen atoms in total. The number of hydrogen-bond donors (Lipinski definition) is 0. The molecule has 172 valence electrons. The largest absolute Gasteiger partial charge is 0.264 e. The number of benzene rings is 5. The first-order valence-corrected chi connectivity index (χ1v) is 12.6. The highest BCUT2D eigenvalue weighted by atomic mass is 14.6. The van der Waals surface area contributed by atoms with Crippen molar-refractivity contribution in [2.45, 2.75) is 26.2 Å². The minimum atomic E-state index is -0.0287. The number of aromatic nitrogens is 1. The van der Waals surface area contributed by atoms with E-state index in [1.165, 1.54) is 66.1 Å². The van der Waals surface area contributed by atoms with E-state index in [2.05, 4.69) is 117 Å². The topological polar surface area (TPSA) is 12.9 Å². The first-order chi connectivity index (χ1) is 17.5. The second-order valence-electron chi connectivity index (χ2n) is 10.5. The van der Waals surface area contributed by atoms with E-state index in [4.69, 9.17) is 0 Å². The van der Waals surface area contributed by atoms with Crippen LogP contribution < -0.4 is 0 Å². The van der Waals surface area contributed by atoms with Crippen molar-refractivity contribution >= 4 is 21.5 Å². The predicted octanol–water partition coefficient (Wildman–Crippen LogP) is 9.34. The number of pyridine rings is 1. The molecule has 0 saturated carbocycles. The first kappa shape index (κ1) is 21.1. The molecule has 0 bridgehead atoms. The van der Waals surface area contributed by atoms with Crippen LogP contribution in [0.1, 0.15) is 30.5 Å². The molecule has 1 aliphatic carbocycles. The van der Waals surface area contributed by atoms with Crippen molar-refractivity contribution in [2.75, 3.05) is 0 Å². The first-order valence-electron chi connectivity index (χ1n) is 12.6. The van der Waals surface area contributed by atoms with E-state index in [0.29, 0.717) is 0 Å². The van der Waals surface area contributed by atoms with Crippen LogP contribution in [0.5, 0.6) is 0 Å². The summed E-state index contributed by atoms with van der Waals surface area (Å²) in [5, 5.41) is 5.11. The Morgan fingerprint density at radius 2 is 1.25 bits per heavy atom. The average Bonchev–Trinajstić information content (AvgIpc) is 3.14. The van der Waals surface area contributed by atoms with E-state index >= 15 is 0 Å². The number of hydrogen-bond acceptors (Lipinski definition) is 1.